The Kier molecular flexibility index (Phi) is 6.30. The molecule has 2 rings (SSSR count). The Hall–Kier alpha value is -2.67. The van der Waals surface area contributed by atoms with Crippen molar-refractivity contribution in [1.82, 2.24) is 0 Å². The van der Waals surface area contributed by atoms with Gasteiger partial charge in [0.1, 0.15) is 35.0 Å². The van der Waals surface area contributed by atoms with Gasteiger partial charge in [0.25, 0.3) is 0 Å². The summed E-state index contributed by atoms with van der Waals surface area (Å²) < 4.78 is 47.4. The molecule has 0 aliphatic carbocycles. The van der Waals surface area contributed by atoms with Crippen LogP contribution in [0, 0.1) is 11.6 Å². The molecule has 0 aromatic heterocycles. The van der Waals surface area contributed by atoms with E-state index in [-0.39, 0.29) is 23.2 Å². The predicted octanol–water partition coefficient (Wildman–Crippen LogP) is 3.96. The average Bonchev–Trinajstić information content (AvgIpc) is 2.53. The predicted molar refractivity (Wildman–Crippen MR) is 86.2 cm³/mol. The minimum absolute atomic E-state index is 0.0459. The van der Waals surface area contributed by atoms with Gasteiger partial charge >= 0.3 is 5.97 Å². The van der Waals surface area contributed by atoms with Crippen molar-refractivity contribution in [3.8, 4) is 17.2 Å². The van der Waals surface area contributed by atoms with Crippen LogP contribution in [0.1, 0.15) is 17.3 Å². The molecule has 0 amide bonds. The topological polar surface area (TPSA) is 54.0 Å². The zero-order chi connectivity index (χ0) is 18.4. The monoisotopic (exact) mass is 352 g/mol. The lowest BCUT2D eigenvalue weighted by Gasteiger charge is -2.16. The maximum Gasteiger partial charge on any atom is 0.338 e. The largest absolute Gasteiger partial charge is 0.488 e. The van der Waals surface area contributed by atoms with E-state index in [1.165, 1.54) is 32.4 Å². The molecule has 0 bridgehead atoms. The molecular weight excluding hydrogens is 334 g/mol. The van der Waals surface area contributed by atoms with Gasteiger partial charge in [-0.2, -0.15) is 0 Å². The fourth-order valence-corrected chi connectivity index (χ4v) is 2.16. The normalized spacial score (nSPS) is 11.7. The van der Waals surface area contributed by atoms with E-state index in [1.807, 2.05) is 0 Å². The molecule has 0 saturated heterocycles. The number of esters is 1. The highest BCUT2D eigenvalue weighted by Crippen LogP contribution is 2.29. The van der Waals surface area contributed by atoms with Gasteiger partial charge in [-0.15, -0.1) is 0 Å². The highest BCUT2D eigenvalue weighted by atomic mass is 19.1. The van der Waals surface area contributed by atoms with Crippen molar-refractivity contribution in [1.29, 1.82) is 0 Å². The van der Waals surface area contributed by atoms with Crippen molar-refractivity contribution in [2.75, 3.05) is 20.8 Å². The van der Waals surface area contributed by atoms with Gasteiger partial charge in [0.2, 0.25) is 0 Å². The number of ether oxygens (including phenoxy) is 4. The third kappa shape index (κ3) is 5.42. The summed E-state index contributed by atoms with van der Waals surface area (Å²) in [6.45, 7) is 2.13. The Labute approximate surface area is 144 Å². The molecular formula is C18H18F2O5. The zero-order valence-electron chi connectivity index (χ0n) is 14.0. The van der Waals surface area contributed by atoms with Crippen LogP contribution >= 0.6 is 0 Å². The molecule has 25 heavy (non-hydrogen) atoms. The molecule has 2 aromatic carbocycles. The SMILES string of the molecule is COCC(C)Oc1cc(Oc2cc(F)cc(F)c2)cc(C(=O)OC)c1. The van der Waals surface area contributed by atoms with Gasteiger partial charge in [-0.1, -0.05) is 0 Å². The summed E-state index contributed by atoms with van der Waals surface area (Å²) in [5.74, 6) is -1.68. The van der Waals surface area contributed by atoms with Gasteiger partial charge in [0.05, 0.1) is 19.3 Å². The first-order chi connectivity index (χ1) is 11.9. The van der Waals surface area contributed by atoms with E-state index >= 15 is 0 Å². The standard InChI is InChI=1S/C18H18F2O5/c1-11(10-22-2)24-15-4-12(18(21)23-3)5-16(9-15)25-17-7-13(19)6-14(20)8-17/h4-9,11H,10H2,1-3H3. The third-order valence-electron chi connectivity index (χ3n) is 3.11. The first kappa shape index (κ1) is 18.7. The average molecular weight is 352 g/mol. The number of carbonyl (C=O) groups excluding carboxylic acids is 1. The molecule has 0 fully saturated rings. The van der Waals surface area contributed by atoms with E-state index in [4.69, 9.17) is 18.9 Å². The highest BCUT2D eigenvalue weighted by Gasteiger charge is 2.13. The van der Waals surface area contributed by atoms with Gasteiger partial charge in [0.15, 0.2) is 0 Å². The van der Waals surface area contributed by atoms with Crippen LogP contribution in [0.25, 0.3) is 0 Å². The van der Waals surface area contributed by atoms with E-state index in [0.717, 1.165) is 18.2 Å². The molecule has 7 heteroatoms. The number of methoxy groups -OCH3 is 2. The second-order valence-electron chi connectivity index (χ2n) is 5.28. The van der Waals surface area contributed by atoms with Gasteiger partial charge in [-0.25, -0.2) is 13.6 Å². The van der Waals surface area contributed by atoms with Gasteiger partial charge in [-0.3, -0.25) is 0 Å². The Morgan fingerprint density at radius 3 is 2.16 bits per heavy atom. The maximum atomic E-state index is 13.3. The van der Waals surface area contributed by atoms with Crippen molar-refractivity contribution < 1.29 is 32.5 Å². The molecule has 0 aliphatic heterocycles. The van der Waals surface area contributed by atoms with Crippen molar-refractivity contribution >= 4 is 5.97 Å². The summed E-state index contributed by atoms with van der Waals surface area (Å²) >= 11 is 0. The van der Waals surface area contributed by atoms with E-state index in [0.29, 0.717) is 12.4 Å². The van der Waals surface area contributed by atoms with Crippen LogP contribution in [0.3, 0.4) is 0 Å². The molecule has 0 radical (unpaired) electrons. The minimum atomic E-state index is -0.774. The molecule has 1 atom stereocenters. The van der Waals surface area contributed by atoms with Gasteiger partial charge < -0.3 is 18.9 Å². The van der Waals surface area contributed by atoms with Crippen LogP contribution in [0.15, 0.2) is 36.4 Å². The maximum absolute atomic E-state index is 13.3. The van der Waals surface area contributed by atoms with Crippen LogP contribution in [-0.2, 0) is 9.47 Å². The lowest BCUT2D eigenvalue weighted by Crippen LogP contribution is -2.18. The molecule has 5 nitrogen and oxygen atoms in total. The molecule has 1 unspecified atom stereocenters. The zero-order valence-corrected chi connectivity index (χ0v) is 14.0. The first-order valence-electron chi connectivity index (χ1n) is 7.44. The lowest BCUT2D eigenvalue weighted by molar-refractivity contribution is 0.0598. The van der Waals surface area contributed by atoms with Crippen molar-refractivity contribution in [3.05, 3.63) is 53.6 Å². The number of halogens is 2. The number of carbonyl (C=O) groups is 1. The Morgan fingerprint density at radius 1 is 0.960 bits per heavy atom. The third-order valence-corrected chi connectivity index (χ3v) is 3.11. The quantitative estimate of drug-likeness (QED) is 0.706. The van der Waals surface area contributed by atoms with Crippen LogP contribution < -0.4 is 9.47 Å². The van der Waals surface area contributed by atoms with E-state index < -0.39 is 17.6 Å². The van der Waals surface area contributed by atoms with E-state index in [9.17, 15) is 13.6 Å². The lowest BCUT2D eigenvalue weighted by atomic mass is 10.2. The van der Waals surface area contributed by atoms with Crippen LogP contribution in [0.4, 0.5) is 8.78 Å². The number of hydrogen-bond donors (Lipinski definition) is 0. The number of rotatable bonds is 7. The molecule has 0 spiro atoms. The molecule has 2 aromatic rings. The first-order valence-corrected chi connectivity index (χ1v) is 7.44. The summed E-state index contributed by atoms with van der Waals surface area (Å²) in [5.41, 5.74) is 0.177. The molecule has 0 heterocycles. The summed E-state index contributed by atoms with van der Waals surface area (Å²) in [6.07, 6.45) is -0.280. The summed E-state index contributed by atoms with van der Waals surface area (Å²) in [4.78, 5) is 11.8. The van der Waals surface area contributed by atoms with E-state index in [1.54, 1.807) is 6.92 Å². The molecule has 0 saturated carbocycles. The molecule has 0 N–H and O–H groups in total. The van der Waals surface area contributed by atoms with Crippen LogP contribution in [0.2, 0.25) is 0 Å². The second kappa shape index (κ2) is 8.43. The van der Waals surface area contributed by atoms with Gasteiger partial charge in [-0.05, 0) is 19.1 Å². The van der Waals surface area contributed by atoms with Crippen molar-refractivity contribution in [2.45, 2.75) is 13.0 Å². The van der Waals surface area contributed by atoms with E-state index in [2.05, 4.69) is 0 Å². The summed E-state index contributed by atoms with van der Waals surface area (Å²) in [6, 6.07) is 7.17. The fraction of sp³-hybridized carbons (Fsp3) is 0.278. The van der Waals surface area contributed by atoms with Gasteiger partial charge in [0, 0.05) is 31.4 Å². The van der Waals surface area contributed by atoms with Crippen LogP contribution in [-0.4, -0.2) is 32.9 Å². The Balaban J connectivity index is 2.33. The van der Waals surface area contributed by atoms with Crippen LogP contribution in [0.5, 0.6) is 17.2 Å². The number of benzene rings is 2. The Bertz CT molecular complexity index is 728. The van der Waals surface area contributed by atoms with Crippen molar-refractivity contribution in [3.63, 3.8) is 0 Å². The molecule has 0 aliphatic rings. The fourth-order valence-electron chi connectivity index (χ4n) is 2.16. The van der Waals surface area contributed by atoms with Crippen molar-refractivity contribution in [2.24, 2.45) is 0 Å². The minimum Gasteiger partial charge on any atom is -0.488 e. The Morgan fingerprint density at radius 2 is 1.56 bits per heavy atom. The summed E-state index contributed by atoms with van der Waals surface area (Å²) in [5, 5.41) is 0. The second-order valence-corrected chi connectivity index (χ2v) is 5.28. The highest BCUT2D eigenvalue weighted by molar-refractivity contribution is 5.90. The number of hydrogen-bond acceptors (Lipinski definition) is 5. The smallest absolute Gasteiger partial charge is 0.338 e. The molecule has 134 valence electrons. The summed E-state index contributed by atoms with van der Waals surface area (Å²) in [7, 11) is 2.78.